The van der Waals surface area contributed by atoms with Crippen LogP contribution in [0, 0.1) is 12.7 Å². The summed E-state index contributed by atoms with van der Waals surface area (Å²) in [4.78, 5) is 18.9. The van der Waals surface area contributed by atoms with Gasteiger partial charge in [-0.05, 0) is 61.5 Å². The number of amides is 1. The zero-order valence-electron chi connectivity index (χ0n) is 20.0. The third-order valence-electron chi connectivity index (χ3n) is 5.92. The molecular weight excluding hydrogens is 425 g/mol. The van der Waals surface area contributed by atoms with Gasteiger partial charge < -0.3 is 19.1 Å². The van der Waals surface area contributed by atoms with Gasteiger partial charge in [0.05, 0.1) is 20.8 Å². The Bertz CT molecular complexity index is 915. The van der Waals surface area contributed by atoms with Crippen molar-refractivity contribution < 1.29 is 23.4 Å². The topological polar surface area (TPSA) is 54.5 Å². The molecule has 1 aliphatic rings. The summed E-state index contributed by atoms with van der Waals surface area (Å²) in [5, 5.41) is 0. The molecule has 0 aliphatic carbocycles. The predicted octanol–water partition coefficient (Wildman–Crippen LogP) is 2.81. The van der Waals surface area contributed by atoms with E-state index in [1.165, 1.54) is 17.7 Å². The average Bonchev–Trinajstić information content (AvgIpc) is 2.81. The second kappa shape index (κ2) is 11.9. The quantitative estimate of drug-likeness (QED) is 0.545. The van der Waals surface area contributed by atoms with Gasteiger partial charge in [-0.15, -0.1) is 0 Å². The Kier molecular flexibility index (Phi) is 8.91. The lowest BCUT2D eigenvalue weighted by Crippen LogP contribution is -2.50. The number of likely N-dealkylation sites (N-methyl/N-ethyl adjacent to an activating group) is 1. The van der Waals surface area contributed by atoms with Gasteiger partial charge in [0, 0.05) is 39.3 Å². The molecule has 0 spiro atoms. The fourth-order valence-electron chi connectivity index (χ4n) is 3.85. The predicted molar refractivity (Wildman–Crippen MR) is 126 cm³/mol. The Morgan fingerprint density at radius 3 is 2.30 bits per heavy atom. The highest BCUT2D eigenvalue weighted by Crippen LogP contribution is 2.31. The molecule has 1 amide bonds. The molecule has 0 radical (unpaired) electrons. The van der Waals surface area contributed by atoms with E-state index in [2.05, 4.69) is 11.8 Å². The van der Waals surface area contributed by atoms with Crippen molar-refractivity contribution in [1.82, 2.24) is 14.7 Å². The molecule has 2 aromatic rings. The fraction of sp³-hybridized carbons (Fsp3) is 0.480. The molecule has 0 N–H and O–H groups in total. The molecule has 1 fully saturated rings. The molecule has 33 heavy (non-hydrogen) atoms. The highest BCUT2D eigenvalue weighted by atomic mass is 19.1. The summed E-state index contributed by atoms with van der Waals surface area (Å²) in [7, 11) is 5.19. The molecule has 0 unspecified atom stereocenters. The van der Waals surface area contributed by atoms with Crippen molar-refractivity contribution >= 4 is 5.91 Å². The highest BCUT2D eigenvalue weighted by molar-refractivity contribution is 5.78. The van der Waals surface area contributed by atoms with Gasteiger partial charge in [-0.3, -0.25) is 14.6 Å². The number of benzene rings is 2. The van der Waals surface area contributed by atoms with E-state index in [1.807, 2.05) is 29.0 Å². The van der Waals surface area contributed by atoms with E-state index < -0.39 is 0 Å². The highest BCUT2D eigenvalue weighted by Gasteiger charge is 2.22. The largest absolute Gasteiger partial charge is 0.493 e. The van der Waals surface area contributed by atoms with E-state index in [0.717, 1.165) is 36.7 Å². The van der Waals surface area contributed by atoms with Gasteiger partial charge >= 0.3 is 0 Å². The summed E-state index contributed by atoms with van der Waals surface area (Å²) in [6.45, 7) is 7.38. The summed E-state index contributed by atoms with van der Waals surface area (Å²) >= 11 is 0. The second-order valence-corrected chi connectivity index (χ2v) is 8.33. The van der Waals surface area contributed by atoms with Gasteiger partial charge in [0.15, 0.2) is 11.5 Å². The summed E-state index contributed by atoms with van der Waals surface area (Å²) in [6, 6.07) is 9.98. The van der Waals surface area contributed by atoms with Crippen LogP contribution in [0.4, 0.5) is 4.39 Å². The van der Waals surface area contributed by atoms with Gasteiger partial charge in [0.2, 0.25) is 5.91 Å². The van der Waals surface area contributed by atoms with Crippen LogP contribution in [-0.4, -0.2) is 87.7 Å². The summed E-state index contributed by atoms with van der Waals surface area (Å²) in [5.41, 5.74) is 2.36. The molecule has 1 heterocycles. The molecule has 0 atom stereocenters. The smallest absolute Gasteiger partial charge is 0.236 e. The molecular formula is C25H34FN3O4. The third kappa shape index (κ3) is 7.07. The lowest BCUT2D eigenvalue weighted by atomic mass is 10.1. The summed E-state index contributed by atoms with van der Waals surface area (Å²) in [6.07, 6.45) is 0. The first-order valence-electron chi connectivity index (χ1n) is 11.2. The van der Waals surface area contributed by atoms with E-state index in [4.69, 9.17) is 14.2 Å². The minimum atomic E-state index is -0.288. The Balaban J connectivity index is 1.41. The van der Waals surface area contributed by atoms with E-state index in [0.29, 0.717) is 38.5 Å². The minimum absolute atomic E-state index is 0.126. The number of aryl methyl sites for hydroxylation is 1. The standard InChI is InChI=1S/C25H34FN3O4/c1-19-15-23(31-3)24(32-4)16-20(19)17-28-9-11-29(12-10-28)25(30)18-27(2)13-14-33-22-7-5-21(26)6-8-22/h5-8,15-16H,9-14,17-18H2,1-4H3. The van der Waals surface area contributed by atoms with Gasteiger partial charge in [-0.25, -0.2) is 4.39 Å². The summed E-state index contributed by atoms with van der Waals surface area (Å²) in [5.74, 6) is 1.93. The Morgan fingerprint density at radius 2 is 1.67 bits per heavy atom. The maximum absolute atomic E-state index is 12.9. The number of rotatable bonds is 10. The van der Waals surface area contributed by atoms with Crippen molar-refractivity contribution in [2.75, 3.05) is 67.1 Å². The van der Waals surface area contributed by atoms with Gasteiger partial charge in [0.25, 0.3) is 0 Å². The number of hydrogen-bond donors (Lipinski definition) is 0. The van der Waals surface area contributed by atoms with Crippen LogP contribution in [0.25, 0.3) is 0 Å². The van der Waals surface area contributed by atoms with E-state index in [-0.39, 0.29) is 11.7 Å². The normalized spacial score (nSPS) is 14.4. The number of hydrogen-bond acceptors (Lipinski definition) is 6. The molecule has 2 aromatic carbocycles. The van der Waals surface area contributed by atoms with Crippen LogP contribution in [0.5, 0.6) is 17.2 Å². The molecule has 0 aromatic heterocycles. The van der Waals surface area contributed by atoms with E-state index in [9.17, 15) is 9.18 Å². The molecule has 1 aliphatic heterocycles. The molecule has 0 bridgehead atoms. The monoisotopic (exact) mass is 459 g/mol. The van der Waals surface area contributed by atoms with Crippen LogP contribution in [-0.2, 0) is 11.3 Å². The lowest BCUT2D eigenvalue weighted by Gasteiger charge is -2.35. The number of halogens is 1. The number of carbonyl (C=O) groups excluding carboxylic acids is 1. The minimum Gasteiger partial charge on any atom is -0.493 e. The Labute approximate surface area is 195 Å². The molecule has 8 heteroatoms. The molecule has 1 saturated heterocycles. The van der Waals surface area contributed by atoms with Gasteiger partial charge in [-0.1, -0.05) is 0 Å². The average molecular weight is 460 g/mol. The van der Waals surface area contributed by atoms with Crippen LogP contribution in [0.15, 0.2) is 36.4 Å². The van der Waals surface area contributed by atoms with Gasteiger partial charge in [-0.2, -0.15) is 0 Å². The van der Waals surface area contributed by atoms with E-state index >= 15 is 0 Å². The molecule has 0 saturated carbocycles. The van der Waals surface area contributed by atoms with E-state index in [1.54, 1.807) is 26.4 Å². The summed E-state index contributed by atoms with van der Waals surface area (Å²) < 4.78 is 29.4. The third-order valence-corrected chi connectivity index (χ3v) is 5.92. The first kappa shape index (κ1) is 24.8. The van der Waals surface area contributed by atoms with Crippen LogP contribution >= 0.6 is 0 Å². The number of methoxy groups -OCH3 is 2. The molecule has 7 nitrogen and oxygen atoms in total. The number of carbonyl (C=O) groups is 1. The van der Waals surface area contributed by atoms with Crippen molar-refractivity contribution in [1.29, 1.82) is 0 Å². The lowest BCUT2D eigenvalue weighted by molar-refractivity contribution is -0.134. The van der Waals surface area contributed by atoms with Crippen LogP contribution in [0.1, 0.15) is 11.1 Å². The zero-order chi connectivity index (χ0) is 23.8. The van der Waals surface area contributed by atoms with Gasteiger partial charge in [0.1, 0.15) is 18.2 Å². The number of ether oxygens (including phenoxy) is 3. The van der Waals surface area contributed by atoms with Crippen LogP contribution < -0.4 is 14.2 Å². The number of nitrogens with zero attached hydrogens (tertiary/aromatic N) is 3. The van der Waals surface area contributed by atoms with Crippen molar-refractivity contribution in [3.63, 3.8) is 0 Å². The second-order valence-electron chi connectivity index (χ2n) is 8.33. The first-order chi connectivity index (χ1) is 15.9. The SMILES string of the molecule is COc1cc(C)c(CN2CCN(C(=O)CN(C)CCOc3ccc(F)cc3)CC2)cc1OC. The molecule has 180 valence electrons. The maximum atomic E-state index is 12.9. The van der Waals surface area contributed by atoms with Crippen molar-refractivity contribution in [2.45, 2.75) is 13.5 Å². The van der Waals surface area contributed by atoms with Crippen LogP contribution in [0.2, 0.25) is 0 Å². The molecule has 3 rings (SSSR count). The van der Waals surface area contributed by atoms with Crippen molar-refractivity contribution in [3.05, 3.63) is 53.3 Å². The zero-order valence-corrected chi connectivity index (χ0v) is 20.0. The number of piperazine rings is 1. The first-order valence-corrected chi connectivity index (χ1v) is 11.2. The van der Waals surface area contributed by atoms with Crippen LogP contribution in [0.3, 0.4) is 0 Å². The fourth-order valence-corrected chi connectivity index (χ4v) is 3.85. The Hall–Kier alpha value is -2.84. The van der Waals surface area contributed by atoms with Crippen molar-refractivity contribution in [2.24, 2.45) is 0 Å². The Morgan fingerprint density at radius 1 is 1.03 bits per heavy atom. The van der Waals surface area contributed by atoms with Crippen molar-refractivity contribution in [3.8, 4) is 17.2 Å². The maximum Gasteiger partial charge on any atom is 0.236 e.